The van der Waals surface area contributed by atoms with E-state index in [4.69, 9.17) is 0 Å². The van der Waals surface area contributed by atoms with Crippen LogP contribution in [0.15, 0.2) is 53.5 Å². The number of aryl methyl sites for hydroxylation is 2. The largest absolute Gasteiger partial charge is 0.347 e. The molecule has 0 amide bonds. The standard InChI is InChI=1S/C23H23N5O.CH4/c1-15-3-6-20(26-25-15)16-9-12-28(23(29)13-16)17-4-5-18-19-7-10-24-11-8-21(19)27(2)22(18)14-17;/h3-6,9,12-14,24H,7-8,10-11H2,1-2H3;1H4. The summed E-state index contributed by atoms with van der Waals surface area (Å²) in [7, 11) is 2.12. The third kappa shape index (κ3) is 3.33. The summed E-state index contributed by atoms with van der Waals surface area (Å²) in [5.41, 5.74) is 7.12. The van der Waals surface area contributed by atoms with E-state index in [1.807, 2.05) is 37.4 Å². The predicted octanol–water partition coefficient (Wildman–Crippen LogP) is 3.42. The van der Waals surface area contributed by atoms with E-state index in [1.165, 1.54) is 22.2 Å². The minimum atomic E-state index is -0.0794. The van der Waals surface area contributed by atoms with Crippen molar-refractivity contribution in [1.82, 2.24) is 24.6 Å². The minimum absolute atomic E-state index is 0. The molecule has 0 bridgehead atoms. The number of fused-ring (bicyclic) bond motifs is 3. The lowest BCUT2D eigenvalue weighted by molar-refractivity contribution is 0.699. The monoisotopic (exact) mass is 401 g/mol. The van der Waals surface area contributed by atoms with Gasteiger partial charge in [0.15, 0.2) is 0 Å². The number of hydrogen-bond donors (Lipinski definition) is 1. The molecule has 1 aliphatic rings. The molecule has 30 heavy (non-hydrogen) atoms. The van der Waals surface area contributed by atoms with Crippen LogP contribution in [-0.2, 0) is 19.9 Å². The van der Waals surface area contributed by atoms with Gasteiger partial charge in [0.05, 0.1) is 22.6 Å². The first-order valence-electron chi connectivity index (χ1n) is 9.96. The van der Waals surface area contributed by atoms with Crippen LogP contribution >= 0.6 is 0 Å². The van der Waals surface area contributed by atoms with Gasteiger partial charge in [0.2, 0.25) is 0 Å². The summed E-state index contributed by atoms with van der Waals surface area (Å²) in [6.45, 7) is 3.91. The number of hydrogen-bond acceptors (Lipinski definition) is 4. The van der Waals surface area contributed by atoms with E-state index >= 15 is 0 Å². The molecule has 0 spiro atoms. The number of rotatable bonds is 2. The molecule has 0 atom stereocenters. The van der Waals surface area contributed by atoms with E-state index in [1.54, 1.807) is 10.6 Å². The van der Waals surface area contributed by atoms with Gasteiger partial charge in [-0.1, -0.05) is 13.5 Å². The second kappa shape index (κ2) is 7.88. The number of nitrogens with zero attached hydrogens (tertiary/aromatic N) is 4. The van der Waals surface area contributed by atoms with Crippen molar-refractivity contribution in [2.75, 3.05) is 13.1 Å². The first kappa shape index (κ1) is 20.0. The molecule has 6 nitrogen and oxygen atoms in total. The van der Waals surface area contributed by atoms with Gasteiger partial charge in [0, 0.05) is 48.9 Å². The van der Waals surface area contributed by atoms with Crippen molar-refractivity contribution in [3.05, 3.63) is 76.0 Å². The maximum atomic E-state index is 12.8. The third-order valence-electron chi connectivity index (χ3n) is 5.80. The molecule has 5 rings (SSSR count). The Morgan fingerprint density at radius 1 is 1.00 bits per heavy atom. The van der Waals surface area contributed by atoms with Gasteiger partial charge in [-0.15, -0.1) is 0 Å². The first-order valence-corrected chi connectivity index (χ1v) is 9.96. The fourth-order valence-electron chi connectivity index (χ4n) is 4.25. The van der Waals surface area contributed by atoms with Gasteiger partial charge in [-0.05, 0) is 55.8 Å². The van der Waals surface area contributed by atoms with Gasteiger partial charge in [-0.25, -0.2) is 0 Å². The van der Waals surface area contributed by atoms with Crippen molar-refractivity contribution >= 4 is 10.9 Å². The molecule has 6 heteroatoms. The molecule has 0 saturated carbocycles. The molecule has 154 valence electrons. The summed E-state index contributed by atoms with van der Waals surface area (Å²) in [5, 5.41) is 13.0. The number of pyridine rings is 1. The highest BCUT2D eigenvalue weighted by Gasteiger charge is 2.17. The lowest BCUT2D eigenvalue weighted by Crippen LogP contribution is -2.17. The summed E-state index contributed by atoms with van der Waals surface area (Å²) < 4.78 is 3.97. The zero-order chi connectivity index (χ0) is 20.0. The van der Waals surface area contributed by atoms with E-state index in [9.17, 15) is 4.79 Å². The molecule has 0 saturated heterocycles. The van der Waals surface area contributed by atoms with Crippen molar-refractivity contribution in [2.24, 2.45) is 7.05 Å². The van der Waals surface area contributed by atoms with Crippen molar-refractivity contribution in [2.45, 2.75) is 27.2 Å². The topological polar surface area (TPSA) is 64.7 Å². The van der Waals surface area contributed by atoms with E-state index < -0.39 is 0 Å². The molecule has 4 heterocycles. The maximum Gasteiger partial charge on any atom is 0.255 e. The molecule has 1 N–H and O–H groups in total. The SMILES string of the molecule is C.Cc1ccc(-c2ccn(-c3ccc4c5c(n(C)c4c3)CCNCC5)c(=O)c2)nn1. The number of aromatic nitrogens is 4. The van der Waals surface area contributed by atoms with Crippen LogP contribution in [0.5, 0.6) is 0 Å². The van der Waals surface area contributed by atoms with Crippen molar-refractivity contribution in [3.8, 4) is 16.9 Å². The first-order chi connectivity index (χ1) is 14.1. The Morgan fingerprint density at radius 2 is 1.83 bits per heavy atom. The Bertz CT molecular complexity index is 1270. The van der Waals surface area contributed by atoms with Crippen LogP contribution < -0.4 is 10.9 Å². The van der Waals surface area contributed by atoms with Crippen molar-refractivity contribution in [1.29, 1.82) is 0 Å². The summed E-state index contributed by atoms with van der Waals surface area (Å²) in [6.07, 6.45) is 3.89. The summed E-state index contributed by atoms with van der Waals surface area (Å²) in [5.74, 6) is 0. The van der Waals surface area contributed by atoms with Gasteiger partial charge in [-0.3, -0.25) is 9.36 Å². The molecular weight excluding hydrogens is 374 g/mol. The molecule has 0 aliphatic carbocycles. The summed E-state index contributed by atoms with van der Waals surface area (Å²) in [4.78, 5) is 12.8. The molecule has 0 unspecified atom stereocenters. The summed E-state index contributed by atoms with van der Waals surface area (Å²) in [6, 6.07) is 13.6. The van der Waals surface area contributed by atoms with Gasteiger partial charge in [-0.2, -0.15) is 10.2 Å². The van der Waals surface area contributed by atoms with Gasteiger partial charge >= 0.3 is 0 Å². The Kier molecular flexibility index (Phi) is 5.26. The highest BCUT2D eigenvalue weighted by molar-refractivity contribution is 5.87. The minimum Gasteiger partial charge on any atom is -0.347 e. The fourth-order valence-corrected chi connectivity index (χ4v) is 4.25. The van der Waals surface area contributed by atoms with Crippen LogP contribution in [-0.4, -0.2) is 32.4 Å². The smallest absolute Gasteiger partial charge is 0.255 e. The van der Waals surface area contributed by atoms with Crippen LogP contribution in [0, 0.1) is 6.92 Å². The highest BCUT2D eigenvalue weighted by atomic mass is 16.1. The van der Waals surface area contributed by atoms with Crippen molar-refractivity contribution in [3.63, 3.8) is 0 Å². The maximum absolute atomic E-state index is 12.8. The zero-order valence-corrected chi connectivity index (χ0v) is 16.6. The molecule has 0 radical (unpaired) electrons. The van der Waals surface area contributed by atoms with Gasteiger partial charge < -0.3 is 9.88 Å². The molecular formula is C24H27N5O. The average molecular weight is 402 g/mol. The molecule has 3 aromatic heterocycles. The zero-order valence-electron chi connectivity index (χ0n) is 16.6. The third-order valence-corrected chi connectivity index (χ3v) is 5.80. The Labute approximate surface area is 176 Å². The second-order valence-corrected chi connectivity index (χ2v) is 7.62. The number of nitrogens with one attached hydrogen (secondary N) is 1. The molecule has 1 aliphatic heterocycles. The highest BCUT2D eigenvalue weighted by Crippen LogP contribution is 2.29. The van der Waals surface area contributed by atoms with Gasteiger partial charge in [0.25, 0.3) is 5.56 Å². The molecule has 1 aromatic carbocycles. The predicted molar refractivity (Wildman–Crippen MR) is 121 cm³/mol. The number of benzene rings is 1. The van der Waals surface area contributed by atoms with Gasteiger partial charge in [0.1, 0.15) is 0 Å². The molecule has 4 aromatic rings. The quantitative estimate of drug-likeness (QED) is 0.559. The van der Waals surface area contributed by atoms with E-state index in [0.717, 1.165) is 42.9 Å². The fraction of sp³-hybridized carbons (Fsp3) is 0.292. The van der Waals surface area contributed by atoms with Crippen LogP contribution in [0.1, 0.15) is 24.4 Å². The van der Waals surface area contributed by atoms with Crippen LogP contribution in [0.2, 0.25) is 0 Å². The Morgan fingerprint density at radius 3 is 2.60 bits per heavy atom. The van der Waals surface area contributed by atoms with Crippen LogP contribution in [0.4, 0.5) is 0 Å². The lowest BCUT2D eigenvalue weighted by Gasteiger charge is -2.09. The Hall–Kier alpha value is -3.25. The van der Waals surface area contributed by atoms with Crippen LogP contribution in [0.25, 0.3) is 27.8 Å². The summed E-state index contributed by atoms with van der Waals surface area (Å²) >= 11 is 0. The van der Waals surface area contributed by atoms with E-state index in [2.05, 4.69) is 39.3 Å². The Balaban J connectivity index is 0.00000218. The normalized spacial score (nSPS) is 13.5. The van der Waals surface area contributed by atoms with Crippen LogP contribution in [0.3, 0.4) is 0 Å². The van der Waals surface area contributed by atoms with Crippen molar-refractivity contribution < 1.29 is 0 Å². The molecule has 0 fully saturated rings. The van der Waals surface area contributed by atoms with E-state index in [0.29, 0.717) is 5.69 Å². The average Bonchev–Trinajstić information content (AvgIpc) is 2.89. The van der Waals surface area contributed by atoms with E-state index in [-0.39, 0.29) is 13.0 Å². The second-order valence-electron chi connectivity index (χ2n) is 7.62. The lowest BCUT2D eigenvalue weighted by atomic mass is 10.1.